The average Bonchev–Trinajstić information content (AvgIpc) is 3.08. The van der Waals surface area contributed by atoms with E-state index in [1.54, 1.807) is 10.7 Å². The number of hydrogen-bond donors (Lipinski definition) is 0. The molecular formula is C15H19N5O2S. The van der Waals surface area contributed by atoms with E-state index >= 15 is 0 Å². The molecule has 1 aromatic carbocycles. The van der Waals surface area contributed by atoms with Gasteiger partial charge in [0.25, 0.3) is 5.91 Å². The van der Waals surface area contributed by atoms with Crippen LogP contribution in [0.1, 0.15) is 23.1 Å². The molecule has 7 nitrogen and oxygen atoms in total. The molecule has 0 radical (unpaired) electrons. The lowest BCUT2D eigenvalue weighted by atomic mass is 10.2. The number of benzene rings is 1. The molecule has 1 aliphatic heterocycles. The first-order chi connectivity index (χ1) is 11.3. The number of tetrazole rings is 1. The molecule has 1 amide bonds. The topological polar surface area (TPSA) is 73.1 Å². The summed E-state index contributed by atoms with van der Waals surface area (Å²) in [6.45, 7) is 4.55. The molecule has 2 heterocycles. The summed E-state index contributed by atoms with van der Waals surface area (Å²) in [5.74, 6) is 3.38. The highest BCUT2D eigenvalue weighted by molar-refractivity contribution is 7.99. The molecule has 0 spiro atoms. The Hall–Kier alpha value is -2.09. The highest BCUT2D eigenvalue weighted by atomic mass is 32.2. The van der Waals surface area contributed by atoms with Crippen LogP contribution >= 0.6 is 11.8 Å². The summed E-state index contributed by atoms with van der Waals surface area (Å²) >= 11 is 1.88. The maximum absolute atomic E-state index is 12.5. The molecule has 1 saturated heterocycles. The van der Waals surface area contributed by atoms with Gasteiger partial charge in [-0.05, 0) is 35.5 Å². The fourth-order valence-corrected chi connectivity index (χ4v) is 3.29. The zero-order chi connectivity index (χ0) is 16.1. The predicted molar refractivity (Wildman–Crippen MR) is 87.5 cm³/mol. The molecule has 1 aliphatic rings. The molecule has 8 heteroatoms. The van der Waals surface area contributed by atoms with Crippen molar-refractivity contribution in [1.29, 1.82) is 0 Å². The Kier molecular flexibility index (Phi) is 5.12. The highest BCUT2D eigenvalue weighted by Crippen LogP contribution is 2.18. The summed E-state index contributed by atoms with van der Waals surface area (Å²) in [5.41, 5.74) is 0.657. The maximum Gasteiger partial charge on any atom is 0.254 e. The Balaban J connectivity index is 1.66. The Morgan fingerprint density at radius 1 is 1.35 bits per heavy atom. The van der Waals surface area contributed by atoms with Crippen LogP contribution in [-0.2, 0) is 13.2 Å². The summed E-state index contributed by atoms with van der Waals surface area (Å²) in [7, 11) is 0. The second kappa shape index (κ2) is 7.45. The molecule has 0 bridgehead atoms. The number of thioether (sulfide) groups is 1. The molecule has 0 unspecified atom stereocenters. The Bertz CT molecular complexity index is 669. The number of hydrogen-bond acceptors (Lipinski definition) is 6. The SMILES string of the molecule is CCn1nnnc1COc1cccc(C(=O)N2CCSCC2)c1. The Morgan fingerprint density at radius 2 is 2.17 bits per heavy atom. The molecule has 0 atom stereocenters. The van der Waals surface area contributed by atoms with Crippen LogP contribution in [0.25, 0.3) is 0 Å². The Morgan fingerprint density at radius 3 is 2.96 bits per heavy atom. The van der Waals surface area contributed by atoms with Crippen LogP contribution in [0.4, 0.5) is 0 Å². The van der Waals surface area contributed by atoms with Crippen molar-refractivity contribution in [2.24, 2.45) is 0 Å². The number of aryl methyl sites for hydroxylation is 1. The molecule has 2 aromatic rings. The van der Waals surface area contributed by atoms with Crippen molar-refractivity contribution in [1.82, 2.24) is 25.1 Å². The summed E-state index contributed by atoms with van der Waals surface area (Å²) in [6, 6.07) is 7.28. The molecule has 0 aliphatic carbocycles. The van der Waals surface area contributed by atoms with E-state index in [9.17, 15) is 4.79 Å². The second-order valence-electron chi connectivity index (χ2n) is 5.13. The number of nitrogens with zero attached hydrogens (tertiary/aromatic N) is 5. The fourth-order valence-electron chi connectivity index (χ4n) is 2.39. The fraction of sp³-hybridized carbons (Fsp3) is 0.467. The molecule has 1 aromatic heterocycles. The smallest absolute Gasteiger partial charge is 0.254 e. The second-order valence-corrected chi connectivity index (χ2v) is 6.36. The van der Waals surface area contributed by atoms with Gasteiger partial charge < -0.3 is 9.64 Å². The van der Waals surface area contributed by atoms with Crippen molar-refractivity contribution in [3.63, 3.8) is 0 Å². The predicted octanol–water partition coefficient (Wildman–Crippen LogP) is 1.46. The van der Waals surface area contributed by atoms with Crippen molar-refractivity contribution in [3.05, 3.63) is 35.7 Å². The number of carbonyl (C=O) groups excluding carboxylic acids is 1. The lowest BCUT2D eigenvalue weighted by molar-refractivity contribution is 0.0772. The van der Waals surface area contributed by atoms with Crippen LogP contribution in [0.15, 0.2) is 24.3 Å². The average molecular weight is 333 g/mol. The van der Waals surface area contributed by atoms with Gasteiger partial charge in [0.1, 0.15) is 12.4 Å². The van der Waals surface area contributed by atoms with Crippen molar-refractivity contribution in [3.8, 4) is 5.75 Å². The summed E-state index contributed by atoms with van der Waals surface area (Å²) in [5, 5.41) is 11.4. The molecule has 122 valence electrons. The summed E-state index contributed by atoms with van der Waals surface area (Å²) in [4.78, 5) is 14.4. The number of aromatic nitrogens is 4. The van der Waals surface area contributed by atoms with Crippen molar-refractivity contribution >= 4 is 17.7 Å². The number of ether oxygens (including phenoxy) is 1. The first-order valence-electron chi connectivity index (χ1n) is 7.63. The van der Waals surface area contributed by atoms with Gasteiger partial charge in [0, 0.05) is 36.7 Å². The maximum atomic E-state index is 12.5. The number of amides is 1. The van der Waals surface area contributed by atoms with Crippen molar-refractivity contribution in [2.45, 2.75) is 20.1 Å². The van der Waals surface area contributed by atoms with Crippen molar-refractivity contribution < 1.29 is 9.53 Å². The van der Waals surface area contributed by atoms with Crippen LogP contribution < -0.4 is 4.74 Å². The minimum Gasteiger partial charge on any atom is -0.486 e. The minimum atomic E-state index is 0.0640. The standard InChI is InChI=1S/C15H19N5O2S/c1-2-20-14(16-17-18-20)11-22-13-5-3-4-12(10-13)15(21)19-6-8-23-9-7-19/h3-5,10H,2,6-9,11H2,1H3. The van der Waals surface area contributed by atoms with Gasteiger partial charge in [0.2, 0.25) is 0 Å². The number of rotatable bonds is 5. The first-order valence-corrected chi connectivity index (χ1v) is 8.78. The van der Waals surface area contributed by atoms with Crippen LogP contribution in [0.5, 0.6) is 5.75 Å². The molecular weight excluding hydrogens is 314 g/mol. The van der Waals surface area contributed by atoms with E-state index in [1.807, 2.05) is 41.8 Å². The molecule has 23 heavy (non-hydrogen) atoms. The van der Waals surface area contributed by atoms with Crippen LogP contribution in [-0.4, -0.2) is 55.6 Å². The highest BCUT2D eigenvalue weighted by Gasteiger charge is 2.18. The lowest BCUT2D eigenvalue weighted by Crippen LogP contribution is -2.37. The zero-order valence-corrected chi connectivity index (χ0v) is 13.8. The molecule has 3 rings (SSSR count). The van der Waals surface area contributed by atoms with Gasteiger partial charge in [-0.3, -0.25) is 4.79 Å². The molecule has 1 fully saturated rings. The van der Waals surface area contributed by atoms with Gasteiger partial charge in [-0.25, -0.2) is 4.68 Å². The largest absolute Gasteiger partial charge is 0.486 e. The van der Waals surface area contributed by atoms with Gasteiger partial charge in [-0.15, -0.1) is 5.10 Å². The lowest BCUT2D eigenvalue weighted by Gasteiger charge is -2.26. The van der Waals surface area contributed by atoms with E-state index in [0.717, 1.165) is 24.6 Å². The van der Waals surface area contributed by atoms with E-state index in [0.29, 0.717) is 23.7 Å². The third kappa shape index (κ3) is 3.82. The van der Waals surface area contributed by atoms with Crippen LogP contribution in [0, 0.1) is 0 Å². The van der Waals surface area contributed by atoms with Gasteiger partial charge in [-0.1, -0.05) is 6.07 Å². The summed E-state index contributed by atoms with van der Waals surface area (Å²) < 4.78 is 7.41. The van der Waals surface area contributed by atoms with E-state index in [-0.39, 0.29) is 12.5 Å². The Labute approximate surface area is 139 Å². The van der Waals surface area contributed by atoms with Gasteiger partial charge in [0.05, 0.1) is 0 Å². The van der Waals surface area contributed by atoms with E-state index in [1.165, 1.54) is 0 Å². The van der Waals surface area contributed by atoms with Gasteiger partial charge in [0.15, 0.2) is 5.82 Å². The zero-order valence-electron chi connectivity index (χ0n) is 13.0. The third-order valence-electron chi connectivity index (χ3n) is 3.65. The quantitative estimate of drug-likeness (QED) is 0.825. The molecule has 0 saturated carbocycles. The van der Waals surface area contributed by atoms with E-state index in [4.69, 9.17) is 4.74 Å². The minimum absolute atomic E-state index is 0.0640. The third-order valence-corrected chi connectivity index (χ3v) is 4.60. The summed E-state index contributed by atoms with van der Waals surface area (Å²) in [6.07, 6.45) is 0. The van der Waals surface area contributed by atoms with Crippen LogP contribution in [0.2, 0.25) is 0 Å². The monoisotopic (exact) mass is 333 g/mol. The van der Waals surface area contributed by atoms with E-state index in [2.05, 4.69) is 15.5 Å². The normalized spacial score (nSPS) is 14.7. The number of carbonyl (C=O) groups is 1. The van der Waals surface area contributed by atoms with Crippen LogP contribution in [0.3, 0.4) is 0 Å². The van der Waals surface area contributed by atoms with Gasteiger partial charge >= 0.3 is 0 Å². The van der Waals surface area contributed by atoms with Crippen molar-refractivity contribution in [2.75, 3.05) is 24.6 Å². The molecule has 0 N–H and O–H groups in total. The van der Waals surface area contributed by atoms with Gasteiger partial charge in [-0.2, -0.15) is 11.8 Å². The van der Waals surface area contributed by atoms with E-state index < -0.39 is 0 Å². The first kappa shape index (κ1) is 15.8.